The lowest BCUT2D eigenvalue weighted by molar-refractivity contribution is -0.128. The summed E-state index contributed by atoms with van der Waals surface area (Å²) >= 11 is 0. The predicted octanol–water partition coefficient (Wildman–Crippen LogP) is 0.427. The van der Waals surface area contributed by atoms with Crippen LogP contribution in [0.3, 0.4) is 0 Å². The fourth-order valence-electron chi connectivity index (χ4n) is 1.10. The fourth-order valence-corrected chi connectivity index (χ4v) is 1.10. The van der Waals surface area contributed by atoms with Crippen LogP contribution >= 0.6 is 0 Å². The quantitative estimate of drug-likeness (QED) is 0.654. The first-order chi connectivity index (χ1) is 6.11. The molecule has 1 unspecified atom stereocenters. The highest BCUT2D eigenvalue weighted by Gasteiger charge is 2.16. The highest BCUT2D eigenvalue weighted by molar-refractivity contribution is 5.86. The minimum atomic E-state index is -0.373. The summed E-state index contributed by atoms with van der Waals surface area (Å²) in [6, 6.07) is -0.373. The van der Waals surface area contributed by atoms with Crippen LogP contribution in [0.2, 0.25) is 0 Å². The molecule has 2 N–H and O–H groups in total. The third-order valence-corrected chi connectivity index (χ3v) is 1.62. The largest absolute Gasteiger partial charge is 0.355 e. The van der Waals surface area contributed by atoms with Crippen molar-refractivity contribution >= 4 is 11.8 Å². The molecule has 0 bridgehead atoms. The Morgan fingerprint density at radius 1 is 1.31 bits per heavy atom. The molecule has 4 nitrogen and oxygen atoms in total. The molecule has 0 aromatic heterocycles. The van der Waals surface area contributed by atoms with Crippen molar-refractivity contribution < 1.29 is 9.59 Å². The predicted molar refractivity (Wildman–Crippen MR) is 51.2 cm³/mol. The highest BCUT2D eigenvalue weighted by Crippen LogP contribution is 1.96. The van der Waals surface area contributed by atoms with Gasteiger partial charge in [-0.3, -0.25) is 9.59 Å². The average Bonchev–Trinajstić information content (AvgIpc) is 2.03. The Hall–Kier alpha value is -1.06. The standard InChI is InChI=1S/C9H18N2O2/c1-4-6-8(11-7(3)12)9(13)10-5-2/h8H,4-6H2,1-3H3,(H,10,13)(H,11,12). The van der Waals surface area contributed by atoms with Crippen LogP contribution < -0.4 is 10.6 Å². The van der Waals surface area contributed by atoms with E-state index in [4.69, 9.17) is 0 Å². The van der Waals surface area contributed by atoms with Gasteiger partial charge in [-0.05, 0) is 13.3 Å². The topological polar surface area (TPSA) is 58.2 Å². The van der Waals surface area contributed by atoms with Crippen LogP contribution in [0.25, 0.3) is 0 Å². The lowest BCUT2D eigenvalue weighted by atomic mass is 10.1. The van der Waals surface area contributed by atoms with E-state index in [-0.39, 0.29) is 17.9 Å². The number of nitrogens with one attached hydrogen (secondary N) is 2. The molecule has 0 fully saturated rings. The molecule has 0 rings (SSSR count). The monoisotopic (exact) mass is 186 g/mol. The zero-order valence-electron chi connectivity index (χ0n) is 8.52. The number of hydrogen-bond donors (Lipinski definition) is 2. The molecule has 2 amide bonds. The van der Waals surface area contributed by atoms with Gasteiger partial charge in [0.05, 0.1) is 0 Å². The Kier molecular flexibility index (Phi) is 5.93. The smallest absolute Gasteiger partial charge is 0.242 e. The molecule has 0 aromatic carbocycles. The molecule has 0 aliphatic carbocycles. The van der Waals surface area contributed by atoms with Crippen molar-refractivity contribution in [2.45, 2.75) is 39.7 Å². The molecule has 0 aliphatic rings. The molecule has 0 spiro atoms. The van der Waals surface area contributed by atoms with Crippen molar-refractivity contribution in [1.82, 2.24) is 10.6 Å². The Bertz CT molecular complexity index is 180. The lowest BCUT2D eigenvalue weighted by Crippen LogP contribution is -2.45. The van der Waals surface area contributed by atoms with E-state index in [1.807, 2.05) is 13.8 Å². The summed E-state index contributed by atoms with van der Waals surface area (Å²) in [6.45, 7) is 5.85. The summed E-state index contributed by atoms with van der Waals surface area (Å²) in [4.78, 5) is 22.1. The molecule has 13 heavy (non-hydrogen) atoms. The first-order valence-corrected chi connectivity index (χ1v) is 4.66. The van der Waals surface area contributed by atoms with Crippen molar-refractivity contribution in [2.75, 3.05) is 6.54 Å². The first-order valence-electron chi connectivity index (χ1n) is 4.66. The Morgan fingerprint density at radius 2 is 1.92 bits per heavy atom. The van der Waals surface area contributed by atoms with Crippen molar-refractivity contribution in [2.24, 2.45) is 0 Å². The second kappa shape index (κ2) is 6.46. The van der Waals surface area contributed by atoms with Crippen LogP contribution in [-0.4, -0.2) is 24.4 Å². The number of amides is 2. The van der Waals surface area contributed by atoms with Gasteiger partial charge in [0.1, 0.15) is 6.04 Å². The van der Waals surface area contributed by atoms with Gasteiger partial charge in [0.25, 0.3) is 0 Å². The van der Waals surface area contributed by atoms with Crippen LogP contribution in [0.15, 0.2) is 0 Å². The van der Waals surface area contributed by atoms with E-state index in [0.29, 0.717) is 13.0 Å². The number of rotatable bonds is 5. The Morgan fingerprint density at radius 3 is 2.31 bits per heavy atom. The molecule has 0 heterocycles. The van der Waals surface area contributed by atoms with Crippen molar-refractivity contribution in [3.63, 3.8) is 0 Å². The molecule has 76 valence electrons. The van der Waals surface area contributed by atoms with Crippen molar-refractivity contribution in [3.8, 4) is 0 Å². The second-order valence-electron chi connectivity index (χ2n) is 2.94. The summed E-state index contributed by atoms with van der Waals surface area (Å²) in [6.07, 6.45) is 1.56. The van der Waals surface area contributed by atoms with Gasteiger partial charge in [-0.1, -0.05) is 13.3 Å². The summed E-state index contributed by atoms with van der Waals surface area (Å²) in [5, 5.41) is 5.30. The van der Waals surface area contributed by atoms with E-state index in [2.05, 4.69) is 10.6 Å². The molecule has 1 atom stereocenters. The lowest BCUT2D eigenvalue weighted by Gasteiger charge is -2.15. The molecular formula is C9H18N2O2. The van der Waals surface area contributed by atoms with E-state index >= 15 is 0 Å². The minimum absolute atomic E-state index is 0.0976. The van der Waals surface area contributed by atoms with Gasteiger partial charge in [0, 0.05) is 13.5 Å². The number of likely N-dealkylation sites (N-methyl/N-ethyl adjacent to an activating group) is 1. The summed E-state index contributed by atoms with van der Waals surface area (Å²) in [7, 11) is 0. The summed E-state index contributed by atoms with van der Waals surface area (Å²) in [5.41, 5.74) is 0. The normalized spacial score (nSPS) is 11.9. The van der Waals surface area contributed by atoms with Crippen LogP contribution in [0.4, 0.5) is 0 Å². The van der Waals surface area contributed by atoms with E-state index in [1.165, 1.54) is 6.92 Å². The van der Waals surface area contributed by atoms with Gasteiger partial charge < -0.3 is 10.6 Å². The zero-order chi connectivity index (χ0) is 10.3. The van der Waals surface area contributed by atoms with Crippen LogP contribution in [-0.2, 0) is 9.59 Å². The molecule has 0 radical (unpaired) electrons. The first kappa shape index (κ1) is 11.9. The second-order valence-corrected chi connectivity index (χ2v) is 2.94. The maximum atomic E-state index is 11.3. The maximum absolute atomic E-state index is 11.3. The van der Waals surface area contributed by atoms with Gasteiger partial charge in [-0.15, -0.1) is 0 Å². The molecule has 0 saturated heterocycles. The molecular weight excluding hydrogens is 168 g/mol. The number of hydrogen-bond acceptors (Lipinski definition) is 2. The zero-order valence-corrected chi connectivity index (χ0v) is 8.52. The van der Waals surface area contributed by atoms with E-state index in [1.54, 1.807) is 0 Å². The van der Waals surface area contributed by atoms with Gasteiger partial charge in [-0.2, -0.15) is 0 Å². The third kappa shape index (κ3) is 5.22. The highest BCUT2D eigenvalue weighted by atomic mass is 16.2. The fraction of sp³-hybridized carbons (Fsp3) is 0.778. The Labute approximate surface area is 79.1 Å². The molecule has 0 aliphatic heterocycles. The van der Waals surface area contributed by atoms with Crippen molar-refractivity contribution in [1.29, 1.82) is 0 Å². The molecule has 4 heteroatoms. The third-order valence-electron chi connectivity index (χ3n) is 1.62. The Balaban J connectivity index is 4.06. The van der Waals surface area contributed by atoms with E-state index in [0.717, 1.165) is 6.42 Å². The van der Waals surface area contributed by atoms with Crippen LogP contribution in [0, 0.1) is 0 Å². The van der Waals surface area contributed by atoms with Gasteiger partial charge in [-0.25, -0.2) is 0 Å². The number of carbonyl (C=O) groups excluding carboxylic acids is 2. The average molecular weight is 186 g/mol. The van der Waals surface area contributed by atoms with Gasteiger partial charge in [0.2, 0.25) is 11.8 Å². The van der Waals surface area contributed by atoms with Crippen LogP contribution in [0.5, 0.6) is 0 Å². The van der Waals surface area contributed by atoms with Crippen LogP contribution in [0.1, 0.15) is 33.6 Å². The summed E-state index contributed by atoms with van der Waals surface area (Å²) < 4.78 is 0. The summed E-state index contributed by atoms with van der Waals surface area (Å²) in [5.74, 6) is -0.260. The van der Waals surface area contributed by atoms with Crippen molar-refractivity contribution in [3.05, 3.63) is 0 Å². The number of carbonyl (C=O) groups is 2. The van der Waals surface area contributed by atoms with Gasteiger partial charge in [0.15, 0.2) is 0 Å². The van der Waals surface area contributed by atoms with Gasteiger partial charge >= 0.3 is 0 Å². The minimum Gasteiger partial charge on any atom is -0.355 e. The van der Waals surface area contributed by atoms with E-state index < -0.39 is 0 Å². The molecule has 0 saturated carbocycles. The van der Waals surface area contributed by atoms with E-state index in [9.17, 15) is 9.59 Å². The molecule has 0 aromatic rings. The SMILES string of the molecule is CCCC(NC(C)=O)C(=O)NCC. The maximum Gasteiger partial charge on any atom is 0.242 e.